The van der Waals surface area contributed by atoms with Gasteiger partial charge in [-0.15, -0.1) is 11.3 Å². The third-order valence-electron chi connectivity index (χ3n) is 5.81. The standard InChI is InChI=1S/C23H20ClNO7S2/c24-17-8-6-15(7-9-17)18-10-11-20(33-18)34(30,31)25-23(21(28)29)13-22(23,14-32-12-19(26)27)16-4-2-1-3-5-16/h1-11,25H,12-14H2,(H,26,27)(H,28,29)/t22-,23+/m1/s1. The lowest BCUT2D eigenvalue weighted by Crippen LogP contribution is -2.50. The third kappa shape index (κ3) is 4.47. The maximum absolute atomic E-state index is 13.3. The molecule has 178 valence electrons. The molecule has 2 aromatic carbocycles. The number of carbonyl (C=O) groups is 2. The second-order valence-electron chi connectivity index (χ2n) is 7.95. The summed E-state index contributed by atoms with van der Waals surface area (Å²) in [4.78, 5) is 24.0. The lowest BCUT2D eigenvalue weighted by atomic mass is 9.91. The normalized spacial score (nSPS) is 21.8. The Morgan fingerprint density at radius 1 is 1.03 bits per heavy atom. The van der Waals surface area contributed by atoms with Gasteiger partial charge in [0.1, 0.15) is 16.4 Å². The predicted molar refractivity (Wildman–Crippen MR) is 127 cm³/mol. The zero-order valence-electron chi connectivity index (χ0n) is 17.6. The van der Waals surface area contributed by atoms with Gasteiger partial charge in [0.2, 0.25) is 0 Å². The molecule has 0 radical (unpaired) electrons. The summed E-state index contributed by atoms with van der Waals surface area (Å²) in [6.07, 6.45) is -0.0897. The molecule has 0 unspecified atom stereocenters. The Kier molecular flexibility index (Phi) is 6.54. The first-order valence-electron chi connectivity index (χ1n) is 10.1. The van der Waals surface area contributed by atoms with E-state index in [-0.39, 0.29) is 17.2 Å². The minimum Gasteiger partial charge on any atom is -0.480 e. The van der Waals surface area contributed by atoms with E-state index in [1.165, 1.54) is 6.07 Å². The fourth-order valence-corrected chi connectivity index (χ4v) is 6.92. The molecule has 3 aromatic rings. The largest absolute Gasteiger partial charge is 0.480 e. The number of carboxylic acid groups (broad SMARTS) is 2. The van der Waals surface area contributed by atoms with Gasteiger partial charge < -0.3 is 14.9 Å². The van der Waals surface area contributed by atoms with E-state index in [2.05, 4.69) is 4.72 Å². The number of aliphatic carboxylic acids is 2. The fraction of sp³-hybridized carbons (Fsp3) is 0.217. The first-order chi connectivity index (χ1) is 16.1. The molecule has 8 nitrogen and oxygen atoms in total. The number of ether oxygens (including phenoxy) is 1. The van der Waals surface area contributed by atoms with Crippen LogP contribution in [0.25, 0.3) is 10.4 Å². The highest BCUT2D eigenvalue weighted by atomic mass is 35.5. The molecule has 1 aliphatic rings. The molecule has 1 fully saturated rings. The highest BCUT2D eigenvalue weighted by Gasteiger charge is 2.75. The van der Waals surface area contributed by atoms with Crippen LogP contribution in [0.4, 0.5) is 0 Å². The van der Waals surface area contributed by atoms with Gasteiger partial charge in [-0.1, -0.05) is 54.1 Å². The predicted octanol–water partition coefficient (Wildman–Crippen LogP) is 3.61. The highest BCUT2D eigenvalue weighted by Crippen LogP contribution is 2.58. The number of thiophene rings is 1. The average Bonchev–Trinajstić information content (AvgIpc) is 3.16. The van der Waals surface area contributed by atoms with Crippen molar-refractivity contribution in [3.05, 3.63) is 77.3 Å². The van der Waals surface area contributed by atoms with Gasteiger partial charge in [0.25, 0.3) is 10.0 Å². The average molecular weight is 522 g/mol. The fourth-order valence-electron chi connectivity index (χ4n) is 4.06. The molecule has 3 N–H and O–H groups in total. The Balaban J connectivity index is 1.66. The molecule has 0 bridgehead atoms. The molecular weight excluding hydrogens is 502 g/mol. The molecule has 1 heterocycles. The van der Waals surface area contributed by atoms with Crippen LogP contribution in [0.2, 0.25) is 5.02 Å². The van der Waals surface area contributed by atoms with Crippen LogP contribution in [0, 0.1) is 0 Å². The van der Waals surface area contributed by atoms with Crippen LogP contribution in [0.5, 0.6) is 0 Å². The van der Waals surface area contributed by atoms with Crippen LogP contribution >= 0.6 is 22.9 Å². The summed E-state index contributed by atoms with van der Waals surface area (Å²) >= 11 is 6.92. The van der Waals surface area contributed by atoms with Gasteiger partial charge in [-0.25, -0.2) is 13.2 Å². The summed E-state index contributed by atoms with van der Waals surface area (Å²) in [5, 5.41) is 19.6. The van der Waals surface area contributed by atoms with Gasteiger partial charge in [-0.2, -0.15) is 4.72 Å². The Labute approximate surface area is 204 Å². The van der Waals surface area contributed by atoms with Crippen molar-refractivity contribution in [2.75, 3.05) is 13.2 Å². The second-order valence-corrected chi connectivity index (χ2v) is 11.4. The zero-order valence-corrected chi connectivity index (χ0v) is 20.0. The third-order valence-corrected chi connectivity index (χ3v) is 9.18. The number of rotatable bonds is 10. The summed E-state index contributed by atoms with van der Waals surface area (Å²) in [6, 6.07) is 18.5. The lowest BCUT2D eigenvalue weighted by Gasteiger charge is -2.24. The van der Waals surface area contributed by atoms with Crippen molar-refractivity contribution < 1.29 is 33.0 Å². The molecule has 0 saturated heterocycles. The van der Waals surface area contributed by atoms with Crippen LogP contribution in [0.15, 0.2) is 70.9 Å². The van der Waals surface area contributed by atoms with Crippen molar-refractivity contribution in [2.45, 2.75) is 21.6 Å². The summed E-state index contributed by atoms with van der Waals surface area (Å²) < 4.78 is 34.2. The van der Waals surface area contributed by atoms with E-state index in [0.29, 0.717) is 15.5 Å². The van der Waals surface area contributed by atoms with Crippen molar-refractivity contribution in [1.29, 1.82) is 0 Å². The Hall–Kier alpha value is -2.76. The van der Waals surface area contributed by atoms with Gasteiger partial charge in [-0.3, -0.25) is 4.79 Å². The number of hydrogen-bond donors (Lipinski definition) is 3. The van der Waals surface area contributed by atoms with E-state index in [9.17, 15) is 23.1 Å². The topological polar surface area (TPSA) is 130 Å². The Bertz CT molecular complexity index is 1320. The summed E-state index contributed by atoms with van der Waals surface area (Å²) in [5.41, 5.74) is -1.84. The number of hydrogen-bond acceptors (Lipinski definition) is 6. The number of carboxylic acids is 2. The van der Waals surface area contributed by atoms with Crippen LogP contribution in [-0.2, 0) is 29.8 Å². The molecule has 34 heavy (non-hydrogen) atoms. The van der Waals surface area contributed by atoms with Crippen LogP contribution < -0.4 is 4.72 Å². The van der Waals surface area contributed by atoms with Gasteiger partial charge in [0.15, 0.2) is 0 Å². The van der Waals surface area contributed by atoms with Gasteiger partial charge >= 0.3 is 11.9 Å². The highest BCUT2D eigenvalue weighted by molar-refractivity contribution is 7.91. The molecule has 4 rings (SSSR count). The van der Waals surface area contributed by atoms with Crippen molar-refractivity contribution >= 4 is 44.9 Å². The molecule has 1 aromatic heterocycles. The minimum absolute atomic E-state index is 0.0432. The molecular formula is C23H20ClNO7S2. The molecule has 2 atom stereocenters. The van der Waals surface area contributed by atoms with E-state index < -0.39 is 39.5 Å². The number of nitrogens with one attached hydrogen (secondary N) is 1. The number of halogens is 1. The summed E-state index contributed by atoms with van der Waals surface area (Å²) in [6.45, 7) is -0.912. The van der Waals surface area contributed by atoms with Crippen molar-refractivity contribution in [2.24, 2.45) is 0 Å². The van der Waals surface area contributed by atoms with Crippen molar-refractivity contribution in [1.82, 2.24) is 4.72 Å². The molecule has 11 heteroatoms. The molecule has 0 spiro atoms. The van der Waals surface area contributed by atoms with Crippen LogP contribution in [0.3, 0.4) is 0 Å². The molecule has 1 aliphatic carbocycles. The van der Waals surface area contributed by atoms with E-state index in [1.807, 2.05) is 0 Å². The first-order valence-corrected chi connectivity index (χ1v) is 12.8. The van der Waals surface area contributed by atoms with Gasteiger partial charge in [-0.05, 0) is 41.8 Å². The van der Waals surface area contributed by atoms with Crippen LogP contribution in [0.1, 0.15) is 12.0 Å². The quantitative estimate of drug-likeness (QED) is 0.371. The number of sulfonamides is 1. The van der Waals surface area contributed by atoms with E-state index in [4.69, 9.17) is 21.4 Å². The second kappa shape index (κ2) is 9.12. The van der Waals surface area contributed by atoms with Crippen molar-refractivity contribution in [3.63, 3.8) is 0 Å². The van der Waals surface area contributed by atoms with Crippen molar-refractivity contribution in [3.8, 4) is 10.4 Å². The monoisotopic (exact) mass is 521 g/mol. The number of benzene rings is 2. The lowest BCUT2D eigenvalue weighted by molar-refractivity contribution is -0.143. The zero-order chi connectivity index (χ0) is 24.6. The van der Waals surface area contributed by atoms with Crippen LogP contribution in [-0.4, -0.2) is 49.3 Å². The molecule has 0 aliphatic heterocycles. The SMILES string of the molecule is O=C(O)COC[C@@]1(c2ccccc2)C[C@]1(NS(=O)(=O)c1ccc(-c2ccc(Cl)cc2)s1)C(=O)O. The summed E-state index contributed by atoms with van der Waals surface area (Å²) in [5.74, 6) is -2.58. The van der Waals surface area contributed by atoms with Gasteiger partial charge in [0, 0.05) is 9.90 Å². The van der Waals surface area contributed by atoms with E-state index in [1.54, 1.807) is 60.7 Å². The van der Waals surface area contributed by atoms with E-state index in [0.717, 1.165) is 16.9 Å². The Morgan fingerprint density at radius 2 is 1.71 bits per heavy atom. The minimum atomic E-state index is -4.23. The summed E-state index contributed by atoms with van der Waals surface area (Å²) in [7, 11) is -4.23. The smallest absolute Gasteiger partial charge is 0.329 e. The van der Waals surface area contributed by atoms with Gasteiger partial charge in [0.05, 0.1) is 12.0 Å². The molecule has 0 amide bonds. The maximum atomic E-state index is 13.3. The van der Waals surface area contributed by atoms with E-state index >= 15 is 0 Å². The maximum Gasteiger partial charge on any atom is 0.329 e. The molecule has 1 saturated carbocycles. The first kappa shape index (κ1) is 24.4. The Morgan fingerprint density at radius 3 is 2.32 bits per heavy atom.